The summed E-state index contributed by atoms with van der Waals surface area (Å²) in [6, 6.07) is 13.3. The van der Waals surface area contributed by atoms with Gasteiger partial charge in [0, 0.05) is 19.6 Å². The van der Waals surface area contributed by atoms with Gasteiger partial charge >= 0.3 is 0 Å². The van der Waals surface area contributed by atoms with E-state index in [-0.39, 0.29) is 54.8 Å². The SMILES string of the molecule is CCNC(=NCC(O)c1ccc(OC(C)C)cc1)NCCNC(=O)Cc1cccc(F)c1.I. The lowest BCUT2D eigenvalue weighted by Crippen LogP contribution is -2.42. The summed E-state index contributed by atoms with van der Waals surface area (Å²) in [5.74, 6) is 0.768. The molecule has 0 aromatic heterocycles. The predicted octanol–water partition coefficient (Wildman–Crippen LogP) is 3.18. The van der Waals surface area contributed by atoms with Gasteiger partial charge in [-0.05, 0) is 56.2 Å². The highest BCUT2D eigenvalue weighted by Gasteiger charge is 2.09. The van der Waals surface area contributed by atoms with Crippen molar-refractivity contribution in [3.8, 4) is 5.75 Å². The number of hydrogen-bond acceptors (Lipinski definition) is 4. The Morgan fingerprint density at radius 3 is 2.42 bits per heavy atom. The van der Waals surface area contributed by atoms with Crippen LogP contribution in [0.25, 0.3) is 0 Å². The highest BCUT2D eigenvalue weighted by atomic mass is 127. The highest BCUT2D eigenvalue weighted by Crippen LogP contribution is 2.19. The normalized spacial score (nSPS) is 12.0. The molecule has 0 saturated carbocycles. The van der Waals surface area contributed by atoms with Crippen LogP contribution in [-0.4, -0.2) is 49.3 Å². The molecule has 0 aliphatic carbocycles. The highest BCUT2D eigenvalue weighted by molar-refractivity contribution is 14.0. The minimum Gasteiger partial charge on any atom is -0.491 e. The molecular weight excluding hydrogens is 538 g/mol. The van der Waals surface area contributed by atoms with Gasteiger partial charge in [-0.15, -0.1) is 24.0 Å². The molecule has 0 radical (unpaired) electrons. The van der Waals surface area contributed by atoms with E-state index in [4.69, 9.17) is 4.74 Å². The van der Waals surface area contributed by atoms with E-state index in [1.54, 1.807) is 12.1 Å². The largest absolute Gasteiger partial charge is 0.491 e. The maximum Gasteiger partial charge on any atom is 0.224 e. The van der Waals surface area contributed by atoms with E-state index in [0.717, 1.165) is 11.3 Å². The molecule has 1 unspecified atom stereocenters. The van der Waals surface area contributed by atoms with Crippen LogP contribution >= 0.6 is 24.0 Å². The lowest BCUT2D eigenvalue weighted by molar-refractivity contribution is -0.120. The third kappa shape index (κ3) is 11.3. The Labute approximate surface area is 212 Å². The van der Waals surface area contributed by atoms with Crippen LogP contribution in [0.3, 0.4) is 0 Å². The van der Waals surface area contributed by atoms with Crippen LogP contribution in [0.4, 0.5) is 4.39 Å². The number of nitrogens with zero attached hydrogens (tertiary/aromatic N) is 1. The number of rotatable bonds is 11. The van der Waals surface area contributed by atoms with Crippen LogP contribution in [0.2, 0.25) is 0 Å². The summed E-state index contributed by atoms with van der Waals surface area (Å²) in [5, 5.41) is 19.4. The summed E-state index contributed by atoms with van der Waals surface area (Å²) in [6.45, 7) is 7.56. The van der Waals surface area contributed by atoms with Gasteiger partial charge in [-0.2, -0.15) is 0 Å². The zero-order valence-electron chi connectivity index (χ0n) is 19.3. The summed E-state index contributed by atoms with van der Waals surface area (Å²) in [4.78, 5) is 16.4. The van der Waals surface area contributed by atoms with Crippen molar-refractivity contribution in [3.05, 3.63) is 65.5 Å². The summed E-state index contributed by atoms with van der Waals surface area (Å²) >= 11 is 0. The van der Waals surface area contributed by atoms with E-state index in [0.29, 0.717) is 31.2 Å². The second-order valence-corrected chi connectivity index (χ2v) is 7.55. The molecule has 7 nitrogen and oxygen atoms in total. The minimum atomic E-state index is -0.746. The Morgan fingerprint density at radius 1 is 1.09 bits per heavy atom. The van der Waals surface area contributed by atoms with Gasteiger partial charge in [0.1, 0.15) is 11.6 Å². The molecule has 9 heteroatoms. The van der Waals surface area contributed by atoms with Crippen LogP contribution in [0, 0.1) is 5.82 Å². The molecule has 4 N–H and O–H groups in total. The van der Waals surface area contributed by atoms with Crippen LogP contribution in [0.1, 0.15) is 38.0 Å². The summed E-state index contributed by atoms with van der Waals surface area (Å²) in [5.41, 5.74) is 1.38. The van der Waals surface area contributed by atoms with Gasteiger partial charge in [0.25, 0.3) is 0 Å². The molecule has 2 aromatic carbocycles. The molecule has 0 bridgehead atoms. The first kappa shape index (κ1) is 28.6. The summed E-state index contributed by atoms with van der Waals surface area (Å²) in [7, 11) is 0. The topological polar surface area (TPSA) is 95.0 Å². The third-order valence-electron chi connectivity index (χ3n) is 4.40. The monoisotopic (exact) mass is 572 g/mol. The molecule has 0 saturated heterocycles. The van der Waals surface area contributed by atoms with Crippen molar-refractivity contribution in [2.75, 3.05) is 26.2 Å². The molecule has 1 amide bonds. The molecule has 0 fully saturated rings. The molecule has 1 atom stereocenters. The number of carbonyl (C=O) groups excluding carboxylic acids is 1. The Kier molecular flexibility index (Phi) is 13.4. The first-order valence-electron chi connectivity index (χ1n) is 10.9. The molecule has 182 valence electrons. The molecule has 0 spiro atoms. The van der Waals surface area contributed by atoms with Crippen molar-refractivity contribution in [1.29, 1.82) is 0 Å². The average Bonchev–Trinajstić information content (AvgIpc) is 2.75. The number of guanidine groups is 1. The van der Waals surface area contributed by atoms with Crippen molar-refractivity contribution < 1.29 is 19.0 Å². The molecule has 2 rings (SSSR count). The van der Waals surface area contributed by atoms with Crippen LogP contribution < -0.4 is 20.7 Å². The molecule has 0 heterocycles. The van der Waals surface area contributed by atoms with Crippen LogP contribution in [-0.2, 0) is 11.2 Å². The summed E-state index contributed by atoms with van der Waals surface area (Å²) in [6.07, 6.45) is -0.529. The Hall–Kier alpha value is -2.40. The van der Waals surface area contributed by atoms with Crippen LogP contribution in [0.5, 0.6) is 5.75 Å². The molecule has 33 heavy (non-hydrogen) atoms. The second-order valence-electron chi connectivity index (χ2n) is 7.55. The van der Waals surface area contributed by atoms with Crippen molar-refractivity contribution >= 4 is 35.8 Å². The van der Waals surface area contributed by atoms with Gasteiger partial charge in [-0.25, -0.2) is 4.39 Å². The zero-order chi connectivity index (χ0) is 23.3. The standard InChI is InChI=1S/C24H33FN4O3.HI/c1-4-26-24(28-13-12-27-23(31)15-18-6-5-7-20(25)14-18)29-16-22(30)19-8-10-21(11-9-19)32-17(2)3;/h5-11,14,17,22,30H,4,12-13,15-16H2,1-3H3,(H,27,31)(H2,26,28,29);1H. The van der Waals surface area contributed by atoms with Gasteiger partial charge in [0.15, 0.2) is 5.96 Å². The Morgan fingerprint density at radius 2 is 1.79 bits per heavy atom. The number of amides is 1. The first-order valence-corrected chi connectivity index (χ1v) is 10.9. The first-order chi connectivity index (χ1) is 15.4. The Bertz CT molecular complexity index is 878. The van der Waals surface area contributed by atoms with Gasteiger partial charge in [0.2, 0.25) is 5.91 Å². The van der Waals surface area contributed by atoms with E-state index in [1.165, 1.54) is 12.1 Å². The Balaban J connectivity index is 0.00000544. The van der Waals surface area contributed by atoms with Gasteiger partial charge < -0.3 is 25.8 Å². The van der Waals surface area contributed by atoms with Gasteiger partial charge in [-0.1, -0.05) is 24.3 Å². The fraction of sp³-hybridized carbons (Fsp3) is 0.417. The number of aliphatic hydroxyl groups excluding tert-OH is 1. The van der Waals surface area contributed by atoms with Crippen LogP contribution in [0.15, 0.2) is 53.5 Å². The maximum absolute atomic E-state index is 13.2. The molecule has 0 aliphatic rings. The predicted molar refractivity (Wildman–Crippen MR) is 140 cm³/mol. The van der Waals surface area contributed by atoms with E-state index < -0.39 is 6.10 Å². The fourth-order valence-electron chi connectivity index (χ4n) is 2.94. The summed E-state index contributed by atoms with van der Waals surface area (Å²) < 4.78 is 18.8. The van der Waals surface area contributed by atoms with Crippen molar-refractivity contribution in [2.24, 2.45) is 4.99 Å². The van der Waals surface area contributed by atoms with E-state index in [9.17, 15) is 14.3 Å². The quantitative estimate of drug-likeness (QED) is 0.144. The number of carbonyl (C=O) groups is 1. The van der Waals surface area contributed by atoms with Crippen molar-refractivity contribution in [3.63, 3.8) is 0 Å². The number of ether oxygens (including phenoxy) is 1. The van der Waals surface area contributed by atoms with Gasteiger partial charge in [0.05, 0.1) is 25.2 Å². The minimum absolute atomic E-state index is 0. The van der Waals surface area contributed by atoms with Gasteiger partial charge in [-0.3, -0.25) is 9.79 Å². The third-order valence-corrected chi connectivity index (χ3v) is 4.40. The van der Waals surface area contributed by atoms with Crippen molar-refractivity contribution in [2.45, 2.75) is 39.4 Å². The van der Waals surface area contributed by atoms with E-state index in [2.05, 4.69) is 20.9 Å². The number of halogens is 2. The van der Waals surface area contributed by atoms with Crippen molar-refractivity contribution in [1.82, 2.24) is 16.0 Å². The van der Waals surface area contributed by atoms with E-state index >= 15 is 0 Å². The fourth-order valence-corrected chi connectivity index (χ4v) is 2.94. The smallest absolute Gasteiger partial charge is 0.224 e. The lowest BCUT2D eigenvalue weighted by atomic mass is 10.1. The zero-order valence-corrected chi connectivity index (χ0v) is 21.6. The molecule has 2 aromatic rings. The lowest BCUT2D eigenvalue weighted by Gasteiger charge is -2.14. The molecular formula is C24H34FIN4O3. The molecule has 0 aliphatic heterocycles. The average molecular weight is 572 g/mol. The second kappa shape index (κ2) is 15.4. The number of nitrogens with one attached hydrogen (secondary N) is 3. The number of benzene rings is 2. The number of aliphatic imine (C=N–C) groups is 1. The number of hydrogen-bond donors (Lipinski definition) is 4. The number of aliphatic hydroxyl groups is 1. The van der Waals surface area contributed by atoms with E-state index in [1.807, 2.05) is 45.0 Å². The maximum atomic E-state index is 13.2.